The first-order valence-electron chi connectivity index (χ1n) is 9.05. The van der Waals surface area contributed by atoms with Gasteiger partial charge in [0, 0.05) is 0 Å². The molecule has 0 fully saturated rings. The maximum atomic E-state index is 5.89. The van der Waals surface area contributed by atoms with Crippen LogP contribution >= 0.6 is 0 Å². The molecular formula is C19H31NO5. The molecule has 2 rings (SSSR count). The Labute approximate surface area is 150 Å². The van der Waals surface area contributed by atoms with Crippen LogP contribution in [0.5, 0.6) is 0 Å². The molecule has 0 unspecified atom stereocenters. The number of fused-ring (bicyclic) bond motifs is 2. The molecule has 0 aliphatic carbocycles. The smallest absolute Gasteiger partial charge is 0.0892 e. The van der Waals surface area contributed by atoms with Crippen LogP contribution in [0.3, 0.4) is 0 Å². The van der Waals surface area contributed by atoms with Crippen LogP contribution in [-0.2, 0) is 36.9 Å². The summed E-state index contributed by atoms with van der Waals surface area (Å²) in [5.74, 6) is 0. The zero-order chi connectivity index (χ0) is 18.1. The summed E-state index contributed by atoms with van der Waals surface area (Å²) >= 11 is 0. The standard InChI is InChI=1S/C19H31NO5/c1-14-16(3)24-12-18-6-5-7-19(20-18)13-25-17(4)15(2)23-11-9-21-8-10-22-14/h5-7,14-17H,8-13H2,1-4H3/t14-,15-,16-,17-/m1/s1. The molecule has 6 nitrogen and oxygen atoms in total. The monoisotopic (exact) mass is 353 g/mol. The zero-order valence-corrected chi connectivity index (χ0v) is 15.8. The van der Waals surface area contributed by atoms with E-state index in [1.807, 2.05) is 45.9 Å². The summed E-state index contributed by atoms with van der Waals surface area (Å²) in [6, 6.07) is 5.90. The van der Waals surface area contributed by atoms with Crippen LogP contribution in [0.25, 0.3) is 0 Å². The molecule has 2 heterocycles. The highest BCUT2D eigenvalue weighted by atomic mass is 16.6. The molecule has 0 radical (unpaired) electrons. The summed E-state index contributed by atoms with van der Waals surface area (Å²) in [5.41, 5.74) is 1.78. The Balaban J connectivity index is 1.98. The van der Waals surface area contributed by atoms with Crippen LogP contribution in [0, 0.1) is 0 Å². The Kier molecular flexibility index (Phi) is 8.78. The van der Waals surface area contributed by atoms with Crippen molar-refractivity contribution in [2.75, 3.05) is 26.4 Å². The predicted octanol–water partition coefficient (Wildman–Crippen LogP) is 2.73. The molecule has 1 aliphatic heterocycles. The normalized spacial score (nSPS) is 31.0. The number of aromatic nitrogens is 1. The second kappa shape index (κ2) is 10.8. The highest BCUT2D eigenvalue weighted by molar-refractivity contribution is 5.10. The number of rotatable bonds is 0. The molecule has 0 amide bonds. The molecule has 1 aromatic rings. The minimum Gasteiger partial charge on any atom is -0.377 e. The van der Waals surface area contributed by atoms with Gasteiger partial charge in [-0.3, -0.25) is 4.98 Å². The van der Waals surface area contributed by atoms with E-state index in [9.17, 15) is 0 Å². The molecular weight excluding hydrogens is 322 g/mol. The van der Waals surface area contributed by atoms with Crippen LogP contribution in [0.2, 0.25) is 0 Å². The second-order valence-electron chi connectivity index (χ2n) is 6.42. The summed E-state index contributed by atoms with van der Waals surface area (Å²) < 4.78 is 28.8. The van der Waals surface area contributed by atoms with Gasteiger partial charge in [-0.15, -0.1) is 0 Å². The van der Waals surface area contributed by atoms with Crippen molar-refractivity contribution < 1.29 is 23.7 Å². The molecule has 25 heavy (non-hydrogen) atoms. The molecule has 1 aromatic heterocycles. The second-order valence-corrected chi connectivity index (χ2v) is 6.42. The number of nitrogens with zero attached hydrogens (tertiary/aromatic N) is 1. The van der Waals surface area contributed by atoms with Crippen LogP contribution in [0.15, 0.2) is 18.2 Å². The van der Waals surface area contributed by atoms with Crippen molar-refractivity contribution in [3.8, 4) is 0 Å². The average Bonchev–Trinajstić information content (AvgIpc) is 2.62. The number of hydrogen-bond acceptors (Lipinski definition) is 6. The topological polar surface area (TPSA) is 59.0 Å². The van der Waals surface area contributed by atoms with Gasteiger partial charge >= 0.3 is 0 Å². The minimum absolute atomic E-state index is 0.00822. The third kappa shape index (κ3) is 7.38. The van der Waals surface area contributed by atoms with E-state index in [0.29, 0.717) is 39.6 Å². The van der Waals surface area contributed by atoms with Crippen molar-refractivity contribution in [1.82, 2.24) is 4.98 Å². The van der Waals surface area contributed by atoms with Crippen molar-refractivity contribution >= 4 is 0 Å². The fourth-order valence-electron chi connectivity index (χ4n) is 2.35. The Morgan fingerprint density at radius 1 is 0.680 bits per heavy atom. The van der Waals surface area contributed by atoms with E-state index in [2.05, 4.69) is 4.98 Å². The van der Waals surface area contributed by atoms with Crippen molar-refractivity contribution in [3.63, 3.8) is 0 Å². The van der Waals surface area contributed by atoms with E-state index < -0.39 is 0 Å². The maximum absolute atomic E-state index is 5.89. The Bertz CT molecular complexity index is 459. The third-order valence-corrected chi connectivity index (χ3v) is 4.39. The van der Waals surface area contributed by atoms with E-state index >= 15 is 0 Å². The maximum Gasteiger partial charge on any atom is 0.0892 e. The quantitative estimate of drug-likeness (QED) is 0.715. The van der Waals surface area contributed by atoms with Crippen molar-refractivity contribution in [3.05, 3.63) is 29.6 Å². The Morgan fingerprint density at radius 3 is 1.60 bits per heavy atom. The van der Waals surface area contributed by atoms with Crippen molar-refractivity contribution in [2.45, 2.75) is 65.3 Å². The van der Waals surface area contributed by atoms with Crippen LogP contribution < -0.4 is 0 Å². The molecule has 0 spiro atoms. The third-order valence-electron chi connectivity index (χ3n) is 4.39. The summed E-state index contributed by atoms with van der Waals surface area (Å²) in [6.07, 6.45) is -0.0631. The highest BCUT2D eigenvalue weighted by Crippen LogP contribution is 2.11. The van der Waals surface area contributed by atoms with Crippen molar-refractivity contribution in [1.29, 1.82) is 0 Å². The summed E-state index contributed by atoms with van der Waals surface area (Å²) in [7, 11) is 0. The van der Waals surface area contributed by atoms with Gasteiger partial charge < -0.3 is 23.7 Å². The summed E-state index contributed by atoms with van der Waals surface area (Å²) in [4.78, 5) is 4.60. The number of ether oxygens (including phenoxy) is 5. The van der Waals surface area contributed by atoms with E-state index in [1.165, 1.54) is 0 Å². The highest BCUT2D eigenvalue weighted by Gasteiger charge is 2.16. The van der Waals surface area contributed by atoms with Gasteiger partial charge in [-0.2, -0.15) is 0 Å². The fraction of sp³-hybridized carbons (Fsp3) is 0.737. The van der Waals surface area contributed by atoms with Crippen LogP contribution in [0.1, 0.15) is 39.1 Å². The lowest BCUT2D eigenvalue weighted by atomic mass is 10.2. The molecule has 6 heteroatoms. The molecule has 0 saturated carbocycles. The zero-order valence-electron chi connectivity index (χ0n) is 15.8. The van der Waals surface area contributed by atoms with Gasteiger partial charge in [0.05, 0.1) is 75.4 Å². The Hall–Kier alpha value is -1.05. The number of hydrogen-bond donors (Lipinski definition) is 0. The lowest BCUT2D eigenvalue weighted by Gasteiger charge is -2.22. The molecule has 0 saturated heterocycles. The largest absolute Gasteiger partial charge is 0.377 e. The van der Waals surface area contributed by atoms with E-state index in [1.54, 1.807) is 0 Å². The van der Waals surface area contributed by atoms with E-state index in [4.69, 9.17) is 23.7 Å². The molecule has 4 atom stereocenters. The molecule has 0 N–H and O–H groups in total. The first-order chi connectivity index (χ1) is 12.1. The molecule has 0 aromatic carbocycles. The fourth-order valence-corrected chi connectivity index (χ4v) is 2.35. The van der Waals surface area contributed by atoms with Crippen LogP contribution in [-0.4, -0.2) is 55.8 Å². The Morgan fingerprint density at radius 2 is 1.12 bits per heavy atom. The van der Waals surface area contributed by atoms with Gasteiger partial charge in [-0.05, 0) is 39.8 Å². The van der Waals surface area contributed by atoms with E-state index in [0.717, 1.165) is 11.4 Å². The minimum atomic E-state index is -0.0233. The van der Waals surface area contributed by atoms with Gasteiger partial charge in [0.25, 0.3) is 0 Å². The van der Waals surface area contributed by atoms with Crippen LogP contribution in [0.4, 0.5) is 0 Å². The lowest BCUT2D eigenvalue weighted by molar-refractivity contribution is -0.0906. The lowest BCUT2D eigenvalue weighted by Crippen LogP contribution is -2.29. The van der Waals surface area contributed by atoms with E-state index in [-0.39, 0.29) is 24.4 Å². The van der Waals surface area contributed by atoms with Gasteiger partial charge in [0.1, 0.15) is 0 Å². The first kappa shape index (κ1) is 20.3. The first-order valence-corrected chi connectivity index (χ1v) is 9.05. The van der Waals surface area contributed by atoms with Gasteiger partial charge in [-0.25, -0.2) is 0 Å². The SMILES string of the molecule is C[C@H]1OCCOCCO[C@H](C)[C@@H](C)OCc2cccc(n2)CO[C@@H]1C. The van der Waals surface area contributed by atoms with Gasteiger partial charge in [-0.1, -0.05) is 6.07 Å². The molecule has 2 bridgehead atoms. The predicted molar refractivity (Wildman–Crippen MR) is 94.4 cm³/mol. The average molecular weight is 353 g/mol. The van der Waals surface area contributed by atoms with Gasteiger partial charge in [0.2, 0.25) is 0 Å². The van der Waals surface area contributed by atoms with Crippen molar-refractivity contribution in [2.24, 2.45) is 0 Å². The number of pyridine rings is 1. The molecule has 142 valence electrons. The summed E-state index contributed by atoms with van der Waals surface area (Å²) in [5, 5.41) is 0. The summed E-state index contributed by atoms with van der Waals surface area (Å²) in [6.45, 7) is 11.1. The molecule has 1 aliphatic rings. The van der Waals surface area contributed by atoms with Gasteiger partial charge in [0.15, 0.2) is 0 Å².